The number of pyridine rings is 1. The van der Waals surface area contributed by atoms with Gasteiger partial charge in [0, 0.05) is 23.0 Å². The molecule has 1 aliphatic rings. The molecule has 1 saturated carbocycles. The zero-order valence-electron chi connectivity index (χ0n) is 19.2. The standard InChI is InChI=1S/C26H25N8/c1-16-9-12-24(33-30-16)28-19-10-11-23-21(14-19)27-15-34(23)25-8-4-7-20(29-25)26-17(2)31-32-22(26)13-18-5-3-6-18/h4,8-12,14-15,18H,3,5-6,13H2,1-2H3,(H,28,33)(H,31,32). The van der Waals surface area contributed by atoms with Gasteiger partial charge in [-0.25, -0.2) is 9.97 Å². The van der Waals surface area contributed by atoms with Crippen LogP contribution in [0.2, 0.25) is 0 Å². The van der Waals surface area contributed by atoms with E-state index in [-0.39, 0.29) is 0 Å². The Morgan fingerprint density at radius 3 is 2.82 bits per heavy atom. The molecule has 4 heterocycles. The van der Waals surface area contributed by atoms with E-state index in [9.17, 15) is 0 Å². The summed E-state index contributed by atoms with van der Waals surface area (Å²) in [7, 11) is 0. The van der Waals surface area contributed by atoms with E-state index in [0.29, 0.717) is 5.82 Å². The summed E-state index contributed by atoms with van der Waals surface area (Å²) < 4.78 is 2.00. The van der Waals surface area contributed by atoms with E-state index in [1.165, 1.54) is 19.3 Å². The number of aryl methyl sites for hydroxylation is 2. The summed E-state index contributed by atoms with van der Waals surface area (Å²) in [5.74, 6) is 2.23. The second-order valence-corrected chi connectivity index (χ2v) is 8.97. The van der Waals surface area contributed by atoms with Crippen LogP contribution in [-0.2, 0) is 6.42 Å². The maximum atomic E-state index is 4.95. The summed E-state index contributed by atoms with van der Waals surface area (Å²) in [4.78, 5) is 9.57. The van der Waals surface area contributed by atoms with Crippen LogP contribution in [0.5, 0.6) is 0 Å². The Morgan fingerprint density at radius 2 is 2.03 bits per heavy atom. The van der Waals surface area contributed by atoms with Crippen LogP contribution in [0.4, 0.5) is 11.5 Å². The summed E-state index contributed by atoms with van der Waals surface area (Å²) in [6, 6.07) is 17.1. The van der Waals surface area contributed by atoms with Gasteiger partial charge in [0.1, 0.15) is 12.1 Å². The summed E-state index contributed by atoms with van der Waals surface area (Å²) in [5.41, 5.74) is 7.64. The van der Waals surface area contributed by atoms with E-state index < -0.39 is 0 Å². The fourth-order valence-electron chi connectivity index (χ4n) is 4.44. The van der Waals surface area contributed by atoms with Gasteiger partial charge in [-0.2, -0.15) is 10.2 Å². The van der Waals surface area contributed by atoms with E-state index in [0.717, 1.165) is 63.2 Å². The van der Waals surface area contributed by atoms with Crippen molar-refractivity contribution in [1.82, 2.24) is 34.9 Å². The summed E-state index contributed by atoms with van der Waals surface area (Å²) in [6.45, 7) is 3.97. The van der Waals surface area contributed by atoms with Gasteiger partial charge in [-0.1, -0.05) is 19.3 Å². The number of hydrogen-bond donors (Lipinski definition) is 2. The van der Waals surface area contributed by atoms with Crippen LogP contribution in [0.25, 0.3) is 28.1 Å². The van der Waals surface area contributed by atoms with E-state index in [1.54, 1.807) is 0 Å². The molecule has 1 fully saturated rings. The number of H-pyrrole nitrogens is 1. The number of aromatic nitrogens is 7. The first kappa shape index (κ1) is 20.5. The molecule has 8 nitrogen and oxygen atoms in total. The lowest BCUT2D eigenvalue weighted by molar-refractivity contribution is 0.312. The van der Waals surface area contributed by atoms with Crippen molar-refractivity contribution in [3.8, 4) is 17.1 Å². The highest BCUT2D eigenvalue weighted by molar-refractivity contribution is 5.82. The molecular weight excluding hydrogens is 424 g/mol. The van der Waals surface area contributed by atoms with Crippen molar-refractivity contribution in [2.75, 3.05) is 5.32 Å². The molecule has 1 aromatic carbocycles. The van der Waals surface area contributed by atoms with Crippen molar-refractivity contribution in [3.63, 3.8) is 0 Å². The minimum atomic E-state index is 0.697. The molecule has 0 spiro atoms. The van der Waals surface area contributed by atoms with Crippen LogP contribution >= 0.6 is 0 Å². The molecule has 6 rings (SSSR count). The van der Waals surface area contributed by atoms with Crippen LogP contribution in [0.15, 0.2) is 48.8 Å². The first-order valence-electron chi connectivity index (χ1n) is 11.6. The lowest BCUT2D eigenvalue weighted by Crippen LogP contribution is -2.14. The second-order valence-electron chi connectivity index (χ2n) is 8.97. The van der Waals surface area contributed by atoms with Crippen molar-refractivity contribution in [2.45, 2.75) is 39.5 Å². The third kappa shape index (κ3) is 3.81. The number of rotatable bonds is 6. The Bertz CT molecular complexity index is 1460. The zero-order valence-corrected chi connectivity index (χ0v) is 19.2. The maximum absolute atomic E-state index is 4.95. The number of hydrogen-bond acceptors (Lipinski definition) is 6. The molecule has 5 aromatic rings. The fraction of sp³-hybridized carbons (Fsp3) is 0.269. The molecule has 0 aliphatic heterocycles. The van der Waals surface area contributed by atoms with Gasteiger partial charge in [0.25, 0.3) is 0 Å². The number of nitrogens with one attached hydrogen (secondary N) is 2. The van der Waals surface area contributed by atoms with Crippen LogP contribution in [0.3, 0.4) is 0 Å². The van der Waals surface area contributed by atoms with E-state index in [2.05, 4.69) is 36.8 Å². The van der Waals surface area contributed by atoms with Crippen LogP contribution < -0.4 is 5.32 Å². The highest BCUT2D eigenvalue weighted by atomic mass is 15.2. The Labute approximate surface area is 197 Å². The smallest absolute Gasteiger partial charge is 0.153 e. The van der Waals surface area contributed by atoms with Crippen molar-refractivity contribution in [2.24, 2.45) is 5.92 Å². The van der Waals surface area contributed by atoms with Crippen molar-refractivity contribution < 1.29 is 0 Å². The molecule has 4 aromatic heterocycles. The quantitative estimate of drug-likeness (QED) is 0.374. The summed E-state index contributed by atoms with van der Waals surface area (Å²) >= 11 is 0. The van der Waals surface area contributed by atoms with Gasteiger partial charge in [0.15, 0.2) is 5.82 Å². The van der Waals surface area contributed by atoms with E-state index in [1.807, 2.05) is 67.2 Å². The fourth-order valence-corrected chi connectivity index (χ4v) is 4.44. The SMILES string of the molecule is Cc1ccc(Nc2ccc3c(c2)ncn3-c2cc[c]c(-c3c(CC4CCC4)n[nH]c3C)n2)nn1. The molecule has 2 N–H and O–H groups in total. The van der Waals surface area contributed by atoms with Crippen LogP contribution in [0, 0.1) is 25.8 Å². The lowest BCUT2D eigenvalue weighted by Gasteiger charge is -2.24. The molecule has 0 bridgehead atoms. The maximum Gasteiger partial charge on any atom is 0.153 e. The summed E-state index contributed by atoms with van der Waals surface area (Å²) in [5, 5.41) is 19.3. The topological polar surface area (TPSA) is 97.2 Å². The average Bonchev–Trinajstić information content (AvgIpc) is 3.41. The van der Waals surface area contributed by atoms with Gasteiger partial charge in [-0.05, 0) is 68.7 Å². The van der Waals surface area contributed by atoms with Crippen molar-refractivity contribution in [1.29, 1.82) is 0 Å². The first-order chi connectivity index (χ1) is 16.6. The Kier molecular flexibility index (Phi) is 5.05. The number of aromatic amines is 1. The monoisotopic (exact) mass is 449 g/mol. The largest absolute Gasteiger partial charge is 0.339 e. The molecule has 1 aliphatic carbocycles. The van der Waals surface area contributed by atoms with Gasteiger partial charge in [0.2, 0.25) is 0 Å². The van der Waals surface area contributed by atoms with Gasteiger partial charge in [0.05, 0.1) is 28.1 Å². The van der Waals surface area contributed by atoms with Crippen molar-refractivity contribution in [3.05, 3.63) is 71.9 Å². The number of anilines is 2. The molecule has 0 unspecified atom stereocenters. The average molecular weight is 450 g/mol. The van der Waals surface area contributed by atoms with E-state index in [4.69, 9.17) is 4.98 Å². The Morgan fingerprint density at radius 1 is 1.12 bits per heavy atom. The number of benzene rings is 1. The summed E-state index contributed by atoms with van der Waals surface area (Å²) in [6.07, 6.45) is 6.71. The van der Waals surface area contributed by atoms with Crippen molar-refractivity contribution >= 4 is 22.5 Å². The minimum absolute atomic E-state index is 0.697. The molecule has 169 valence electrons. The predicted molar refractivity (Wildman–Crippen MR) is 131 cm³/mol. The molecule has 0 atom stereocenters. The highest BCUT2D eigenvalue weighted by Gasteiger charge is 2.23. The van der Waals surface area contributed by atoms with Gasteiger partial charge >= 0.3 is 0 Å². The molecule has 8 heteroatoms. The van der Waals surface area contributed by atoms with Gasteiger partial charge in [-0.15, -0.1) is 5.10 Å². The number of fused-ring (bicyclic) bond motifs is 1. The Balaban J connectivity index is 1.31. The lowest BCUT2D eigenvalue weighted by atomic mass is 9.81. The third-order valence-electron chi connectivity index (χ3n) is 6.51. The highest BCUT2D eigenvalue weighted by Crippen LogP contribution is 2.33. The zero-order chi connectivity index (χ0) is 23.1. The number of nitrogens with zero attached hydrogens (tertiary/aromatic N) is 6. The molecular formula is C26H25N8. The Hall–Kier alpha value is -4.07. The normalized spacial score (nSPS) is 13.8. The van der Waals surface area contributed by atoms with E-state index >= 15 is 0 Å². The second kappa shape index (κ2) is 8.37. The third-order valence-corrected chi connectivity index (χ3v) is 6.51. The van der Waals surface area contributed by atoms with Gasteiger partial charge < -0.3 is 5.32 Å². The molecule has 34 heavy (non-hydrogen) atoms. The van der Waals surface area contributed by atoms with Crippen LogP contribution in [0.1, 0.15) is 36.3 Å². The minimum Gasteiger partial charge on any atom is -0.339 e. The number of imidazole rings is 1. The predicted octanol–water partition coefficient (Wildman–Crippen LogP) is 5.10. The molecule has 1 radical (unpaired) electrons. The molecule has 0 amide bonds. The van der Waals surface area contributed by atoms with Crippen LogP contribution in [-0.4, -0.2) is 34.9 Å². The van der Waals surface area contributed by atoms with Gasteiger partial charge in [-0.3, -0.25) is 9.67 Å². The molecule has 0 saturated heterocycles. The first-order valence-corrected chi connectivity index (χ1v) is 11.6.